The summed E-state index contributed by atoms with van der Waals surface area (Å²) in [6, 6.07) is 166. The van der Waals surface area contributed by atoms with E-state index in [2.05, 4.69) is 443 Å². The second-order valence-electron chi connectivity index (χ2n) is 34.0. The van der Waals surface area contributed by atoms with Gasteiger partial charge in [0.15, 0.2) is 0 Å². The molecule has 0 aliphatic rings. The zero-order valence-corrected chi connectivity index (χ0v) is 70.5. The molecule has 0 fully saturated rings. The Bertz CT molecular complexity index is 9140. The van der Waals surface area contributed by atoms with E-state index < -0.39 is 0 Å². The fourth-order valence-electron chi connectivity index (χ4n) is 20.3. The molecule has 0 aliphatic heterocycles. The third kappa shape index (κ3) is 12.4. The van der Waals surface area contributed by atoms with Crippen molar-refractivity contribution in [3.05, 3.63) is 461 Å². The molecule has 0 radical (unpaired) electrons. The molecule has 130 heavy (non-hydrogen) atoms. The van der Waals surface area contributed by atoms with Crippen LogP contribution in [0, 0.1) is 0 Å². The molecule has 8 nitrogen and oxygen atoms in total. The van der Waals surface area contributed by atoms with Crippen molar-refractivity contribution in [2.24, 2.45) is 0 Å². The lowest BCUT2D eigenvalue weighted by molar-refractivity contribution is 1.17. The Balaban J connectivity index is 0.000000137. The van der Waals surface area contributed by atoms with Gasteiger partial charge in [0.2, 0.25) is 0 Å². The second kappa shape index (κ2) is 30.2. The van der Waals surface area contributed by atoms with Gasteiger partial charge in [-0.3, -0.25) is 0 Å². The third-order valence-electron chi connectivity index (χ3n) is 26.4. The summed E-state index contributed by atoms with van der Waals surface area (Å²) in [5.74, 6) is 0. The first kappa shape index (κ1) is 74.0. The molecule has 21 aromatic carbocycles. The number of para-hydroxylation sites is 8. The molecular weight excluding hydrogens is 1580 g/mol. The van der Waals surface area contributed by atoms with Gasteiger partial charge in [0.1, 0.15) is 0 Å². The molecule has 604 valence electrons. The highest BCUT2D eigenvalue weighted by molar-refractivity contribution is 6.18. The van der Waals surface area contributed by atoms with Gasteiger partial charge < -0.3 is 18.3 Å². The highest BCUT2D eigenvalue weighted by Gasteiger charge is 2.24. The van der Waals surface area contributed by atoms with Crippen molar-refractivity contribution in [3.63, 3.8) is 0 Å². The number of rotatable bonds is 11. The molecule has 8 heteroatoms. The minimum atomic E-state index is 0.854. The zero-order valence-electron chi connectivity index (χ0n) is 70.5. The summed E-state index contributed by atoms with van der Waals surface area (Å²) in [5.41, 5.74) is 32.0. The Morgan fingerprint density at radius 1 is 0.123 bits per heavy atom. The van der Waals surface area contributed by atoms with Crippen LogP contribution in [0.1, 0.15) is 0 Å². The monoisotopic (exact) mass is 1650 g/mol. The van der Waals surface area contributed by atoms with Crippen molar-refractivity contribution in [2.45, 2.75) is 0 Å². The minimum absolute atomic E-state index is 0.854. The van der Waals surface area contributed by atoms with Gasteiger partial charge in [0, 0.05) is 88.1 Å². The van der Waals surface area contributed by atoms with Crippen LogP contribution in [-0.4, -0.2) is 38.2 Å². The second-order valence-corrected chi connectivity index (χ2v) is 34.0. The van der Waals surface area contributed by atoms with E-state index in [9.17, 15) is 0 Å². The van der Waals surface area contributed by atoms with Gasteiger partial charge in [-0.05, 0) is 240 Å². The van der Waals surface area contributed by atoms with Crippen LogP contribution in [0.15, 0.2) is 461 Å². The van der Waals surface area contributed by atoms with E-state index in [0.29, 0.717) is 0 Å². The molecule has 0 amide bonds. The van der Waals surface area contributed by atoms with Crippen molar-refractivity contribution in [1.82, 2.24) is 38.2 Å². The van der Waals surface area contributed by atoms with Crippen molar-refractivity contribution in [2.75, 3.05) is 0 Å². The predicted molar refractivity (Wildman–Crippen MR) is 545 cm³/mol. The molecule has 0 atom stereocenters. The van der Waals surface area contributed by atoms with Crippen LogP contribution in [0.5, 0.6) is 0 Å². The maximum atomic E-state index is 5.38. The summed E-state index contributed by atoms with van der Waals surface area (Å²) in [7, 11) is 0. The molecule has 6 aromatic heterocycles. The smallest absolute Gasteiger partial charge is 0.0973 e. The maximum Gasteiger partial charge on any atom is 0.0973 e. The summed E-state index contributed by atoms with van der Waals surface area (Å²) in [6.45, 7) is 0. The van der Waals surface area contributed by atoms with Crippen LogP contribution in [0.4, 0.5) is 0 Å². The first-order chi connectivity index (χ1) is 64.4. The normalized spacial score (nSPS) is 11.8. The Kier molecular flexibility index (Phi) is 17.2. The van der Waals surface area contributed by atoms with E-state index in [4.69, 9.17) is 19.9 Å². The Morgan fingerprint density at radius 2 is 0.385 bits per heavy atom. The van der Waals surface area contributed by atoms with Gasteiger partial charge in [-0.2, -0.15) is 0 Å². The Hall–Kier alpha value is -17.5. The molecule has 0 aliphatic carbocycles. The van der Waals surface area contributed by atoms with Crippen molar-refractivity contribution >= 4 is 152 Å². The largest absolute Gasteiger partial charge is 0.309 e. The summed E-state index contributed by atoms with van der Waals surface area (Å²) in [6.07, 6.45) is 0. The SMILES string of the molecule is c1ccc(-c2cc(-c3ccccc3)cc(-c3nc4ccccc4nc3-c3ccc4cc(-n5c6ccc(-n7c8ccccc8c8ccccc87)cc6c6cc7ccccc7cc65)ccc4c3)c2)cc1.c1ccc(-c2ccc(-c3nc4ccccc4nc3-c3ccc4ccc(-n5c6ccc(-n7c8ccccc8c8ccccc87)cc6c6cc7ccccc7cc65)cc4c3)cc2)cc1. The van der Waals surface area contributed by atoms with Crippen molar-refractivity contribution in [1.29, 1.82) is 0 Å². The number of hydrogen-bond acceptors (Lipinski definition) is 4. The topological polar surface area (TPSA) is 71.3 Å². The van der Waals surface area contributed by atoms with Gasteiger partial charge in [-0.25, -0.2) is 19.9 Å². The molecule has 0 N–H and O–H groups in total. The number of nitrogens with zero attached hydrogens (tertiary/aromatic N) is 8. The van der Waals surface area contributed by atoms with E-state index >= 15 is 0 Å². The zero-order chi connectivity index (χ0) is 85.4. The number of fused-ring (bicyclic) bond motifs is 18. The summed E-state index contributed by atoms with van der Waals surface area (Å²) in [5, 5.41) is 19.4. The van der Waals surface area contributed by atoms with Gasteiger partial charge in [0.25, 0.3) is 0 Å². The van der Waals surface area contributed by atoms with Gasteiger partial charge in [-0.15, -0.1) is 0 Å². The summed E-state index contributed by atoms with van der Waals surface area (Å²) >= 11 is 0. The van der Waals surface area contributed by atoms with Crippen LogP contribution in [0.3, 0.4) is 0 Å². The number of hydrogen-bond donors (Lipinski definition) is 0. The van der Waals surface area contributed by atoms with Crippen LogP contribution in [0.25, 0.3) is 254 Å². The van der Waals surface area contributed by atoms with Crippen molar-refractivity contribution < 1.29 is 0 Å². The molecule has 0 saturated carbocycles. The van der Waals surface area contributed by atoms with Crippen LogP contribution < -0.4 is 0 Å². The lowest BCUT2D eigenvalue weighted by Gasteiger charge is -2.15. The average Bonchev–Trinajstić information content (AvgIpc) is 1.66. The molecule has 0 saturated heterocycles. The van der Waals surface area contributed by atoms with Gasteiger partial charge >= 0.3 is 0 Å². The molecule has 0 unspecified atom stereocenters. The molecule has 27 rings (SSSR count). The third-order valence-corrected chi connectivity index (χ3v) is 26.4. The van der Waals surface area contributed by atoms with E-state index in [1.165, 1.54) is 120 Å². The first-order valence-corrected chi connectivity index (χ1v) is 44.4. The molecule has 0 spiro atoms. The fourth-order valence-corrected chi connectivity index (χ4v) is 20.3. The quantitative estimate of drug-likeness (QED) is 0.129. The van der Waals surface area contributed by atoms with E-state index in [1.807, 2.05) is 36.4 Å². The van der Waals surface area contributed by atoms with Crippen LogP contribution >= 0.6 is 0 Å². The molecule has 6 heterocycles. The lowest BCUT2D eigenvalue weighted by atomic mass is 9.93. The lowest BCUT2D eigenvalue weighted by Crippen LogP contribution is -1.97. The number of aromatic nitrogens is 8. The predicted octanol–water partition coefficient (Wildman–Crippen LogP) is 31.9. The fraction of sp³-hybridized carbons (Fsp3) is 0. The van der Waals surface area contributed by atoms with Crippen LogP contribution in [-0.2, 0) is 0 Å². The molecular formula is C122H76N8. The van der Waals surface area contributed by atoms with Gasteiger partial charge in [0.05, 0.1) is 89.0 Å². The molecule has 0 bridgehead atoms. The maximum absolute atomic E-state index is 5.38. The minimum Gasteiger partial charge on any atom is -0.309 e. The van der Waals surface area contributed by atoms with E-state index in [-0.39, 0.29) is 0 Å². The first-order valence-electron chi connectivity index (χ1n) is 44.4. The van der Waals surface area contributed by atoms with Crippen LogP contribution in [0.2, 0.25) is 0 Å². The highest BCUT2D eigenvalue weighted by atomic mass is 15.0. The van der Waals surface area contributed by atoms with Gasteiger partial charge in [-0.1, -0.05) is 297 Å². The number of benzene rings is 21. The highest BCUT2D eigenvalue weighted by Crippen LogP contribution is 2.46. The van der Waals surface area contributed by atoms with E-state index in [1.54, 1.807) is 0 Å². The standard InChI is InChI=1S/C64H40N4.C58H36N4/c1-3-15-41(16-4-1)48-34-49(42-17-5-2-6-18-42)36-50(35-48)64-63(65-57-23-11-12-24-58(57)66-64)47-28-27-46-37-51(30-29-45(46)33-47)68-61-32-31-52(40-56(61)55-38-43-19-7-8-20-44(43)39-62(55)68)67-59-25-13-9-21-53(59)54-22-10-14-26-60(54)67;1-2-12-37(13-3-1)38-22-25-40(26-23-38)57-58(60-52-19-9-8-18-51(52)59-57)43-27-24-39-28-29-45(33-44(39)32-43)62-55-31-30-46(36-50(55)49-34-41-14-4-5-15-42(41)35-56(49)62)61-53-20-10-6-16-47(53)48-17-7-11-21-54(48)61/h1-40H;1-36H. The molecule has 27 aromatic rings. The Labute approximate surface area is 747 Å². The summed E-state index contributed by atoms with van der Waals surface area (Å²) in [4.78, 5) is 21.3. The average molecular weight is 1650 g/mol. The summed E-state index contributed by atoms with van der Waals surface area (Å²) < 4.78 is 9.70. The Morgan fingerprint density at radius 3 is 0.831 bits per heavy atom. The van der Waals surface area contributed by atoms with E-state index in [0.717, 1.165) is 134 Å². The van der Waals surface area contributed by atoms with Crippen molar-refractivity contribution in [3.8, 4) is 101 Å².